The van der Waals surface area contributed by atoms with E-state index in [4.69, 9.17) is 6.42 Å². The van der Waals surface area contributed by atoms with Gasteiger partial charge in [0.05, 0.1) is 17.6 Å². The average Bonchev–Trinajstić information content (AvgIpc) is 3.09. The Morgan fingerprint density at radius 3 is 2.42 bits per heavy atom. The van der Waals surface area contributed by atoms with E-state index in [9.17, 15) is 4.79 Å². The molecule has 122 valence electrons. The molecular weight excluding hydrogens is 298 g/mol. The predicted octanol–water partition coefficient (Wildman–Crippen LogP) is 3.77. The summed E-state index contributed by atoms with van der Waals surface area (Å²) in [6.07, 6.45) is 7.11. The largest absolute Gasteiger partial charge is 0.326 e. The van der Waals surface area contributed by atoms with Crippen LogP contribution >= 0.6 is 0 Å². The van der Waals surface area contributed by atoms with Gasteiger partial charge < -0.3 is 4.90 Å². The molecule has 0 aromatic carbocycles. The number of amides is 2. The molecule has 3 aliphatic rings. The Hall–Kier alpha value is -2.80. The first-order valence-corrected chi connectivity index (χ1v) is 8.09. The number of benzene rings is 1. The monoisotopic (exact) mass is 319 g/mol. The van der Waals surface area contributed by atoms with Crippen LogP contribution in [0.5, 0.6) is 0 Å². The molecule has 4 rings (SSSR count). The first kappa shape index (κ1) is 16.1. The Kier molecular flexibility index (Phi) is 4.02. The van der Waals surface area contributed by atoms with Gasteiger partial charge in [-0.05, 0) is 50.1 Å². The van der Waals surface area contributed by atoms with Gasteiger partial charge in [0.1, 0.15) is 0 Å². The van der Waals surface area contributed by atoms with E-state index >= 15 is 0 Å². The number of rotatable bonds is 2. The van der Waals surface area contributed by atoms with Crippen molar-refractivity contribution in [3.05, 3.63) is 48.2 Å². The third-order valence-corrected chi connectivity index (χ3v) is 4.36. The predicted molar refractivity (Wildman–Crippen MR) is 96.8 cm³/mol. The topological polar surface area (TPSA) is 36.4 Å². The maximum Gasteiger partial charge on any atom is 0.326 e. The zero-order valence-electron chi connectivity index (χ0n) is 14.3. The number of carbonyl (C=O) groups excluding carboxylic acids is 1. The fraction of sp³-hybridized carbons (Fsp3) is 0.300. The van der Waals surface area contributed by atoms with Gasteiger partial charge >= 0.3 is 6.03 Å². The Balaban J connectivity index is 0.000000231. The van der Waals surface area contributed by atoms with Crippen molar-refractivity contribution in [3.63, 3.8) is 0 Å². The van der Waals surface area contributed by atoms with Crippen molar-refractivity contribution in [3.8, 4) is 23.5 Å². The number of pyridine rings is 1. The minimum atomic E-state index is -0.199. The molecule has 2 amide bonds. The Morgan fingerprint density at radius 2 is 1.96 bits per heavy atom. The standard InChI is InChI=1S/C14H17N3O.C6H4/c1-5-11-8-7-9-15-12(11)16-10-14(3,4)17(6-2)13(16)18;1-2-5-4-6(5)3-1/h1,7-9H,6,10H2,2-4H3;1-4H. The number of anilines is 1. The Bertz CT molecular complexity index is 802. The molecule has 1 aromatic rings. The van der Waals surface area contributed by atoms with Gasteiger partial charge in [0, 0.05) is 12.7 Å². The van der Waals surface area contributed by atoms with Gasteiger partial charge in [-0.25, -0.2) is 9.78 Å². The average molecular weight is 319 g/mol. The van der Waals surface area contributed by atoms with E-state index in [1.54, 1.807) is 23.2 Å². The molecule has 0 radical (unpaired) electrons. The van der Waals surface area contributed by atoms with Crippen LogP contribution in [0, 0.1) is 12.3 Å². The van der Waals surface area contributed by atoms with E-state index in [2.05, 4.69) is 35.2 Å². The lowest BCUT2D eigenvalue weighted by molar-refractivity contribution is 0.182. The second kappa shape index (κ2) is 6.01. The number of urea groups is 1. The molecule has 0 saturated carbocycles. The maximum absolute atomic E-state index is 12.4. The molecule has 0 spiro atoms. The van der Waals surface area contributed by atoms with Gasteiger partial charge in [-0.2, -0.15) is 0 Å². The molecule has 0 N–H and O–H groups in total. The summed E-state index contributed by atoms with van der Waals surface area (Å²) in [4.78, 5) is 20.1. The highest BCUT2D eigenvalue weighted by molar-refractivity contribution is 5.95. The van der Waals surface area contributed by atoms with Crippen LogP contribution in [0.3, 0.4) is 0 Å². The third-order valence-electron chi connectivity index (χ3n) is 4.36. The molecule has 1 saturated heterocycles. The van der Waals surface area contributed by atoms with E-state index in [1.807, 2.05) is 25.7 Å². The second-order valence-electron chi connectivity index (χ2n) is 6.53. The van der Waals surface area contributed by atoms with E-state index in [-0.39, 0.29) is 11.6 Å². The van der Waals surface area contributed by atoms with Crippen LogP contribution in [0.2, 0.25) is 0 Å². The van der Waals surface area contributed by atoms with Crippen molar-refractivity contribution in [2.24, 2.45) is 0 Å². The van der Waals surface area contributed by atoms with Gasteiger partial charge in [0.25, 0.3) is 0 Å². The molecule has 0 atom stereocenters. The highest BCUT2D eigenvalue weighted by atomic mass is 16.2. The van der Waals surface area contributed by atoms with Gasteiger partial charge in [0.15, 0.2) is 5.82 Å². The van der Waals surface area contributed by atoms with Crippen LogP contribution in [0.1, 0.15) is 26.3 Å². The van der Waals surface area contributed by atoms with Crippen molar-refractivity contribution in [2.75, 3.05) is 18.0 Å². The van der Waals surface area contributed by atoms with Gasteiger partial charge in [-0.1, -0.05) is 24.1 Å². The van der Waals surface area contributed by atoms with Crippen LogP contribution in [0.4, 0.5) is 10.6 Å². The van der Waals surface area contributed by atoms with Crippen LogP contribution in [0.25, 0.3) is 11.1 Å². The van der Waals surface area contributed by atoms with E-state index in [0.717, 1.165) is 0 Å². The molecule has 24 heavy (non-hydrogen) atoms. The minimum Gasteiger partial charge on any atom is -0.318 e. The third kappa shape index (κ3) is 2.85. The summed E-state index contributed by atoms with van der Waals surface area (Å²) in [5, 5.41) is 0. The normalized spacial score (nSPS) is 16.3. The van der Waals surface area contributed by atoms with Crippen molar-refractivity contribution in [1.82, 2.24) is 9.88 Å². The number of aromatic nitrogens is 1. The lowest BCUT2D eigenvalue weighted by Crippen LogP contribution is -2.41. The molecule has 1 aliphatic heterocycles. The van der Waals surface area contributed by atoms with Crippen LogP contribution in [0.15, 0.2) is 42.6 Å². The SMILES string of the molecule is C#Cc1cccnc1N1CC(C)(C)N(CC)C1=O.c1cc2cc-2c1. The van der Waals surface area contributed by atoms with Crippen molar-refractivity contribution in [1.29, 1.82) is 0 Å². The summed E-state index contributed by atoms with van der Waals surface area (Å²) in [5.74, 6) is 3.16. The van der Waals surface area contributed by atoms with Gasteiger partial charge in [0.2, 0.25) is 0 Å². The Labute approximate surface area is 143 Å². The quantitative estimate of drug-likeness (QED) is 0.674. The molecule has 1 fully saturated rings. The summed E-state index contributed by atoms with van der Waals surface area (Å²) in [7, 11) is 0. The fourth-order valence-corrected chi connectivity index (χ4v) is 3.07. The summed E-state index contributed by atoms with van der Waals surface area (Å²) in [5.41, 5.74) is 3.31. The molecule has 2 aliphatic carbocycles. The van der Waals surface area contributed by atoms with E-state index < -0.39 is 0 Å². The number of fused-ring (bicyclic) bond motifs is 1. The van der Waals surface area contributed by atoms with Gasteiger partial charge in [-0.15, -0.1) is 6.42 Å². The van der Waals surface area contributed by atoms with Crippen molar-refractivity contribution in [2.45, 2.75) is 26.3 Å². The molecule has 4 nitrogen and oxygen atoms in total. The molecule has 4 heteroatoms. The molecule has 1 aromatic heterocycles. The molecule has 0 unspecified atom stereocenters. The highest BCUT2D eigenvalue weighted by Gasteiger charge is 2.43. The molecular formula is C20H21N3O. The minimum absolute atomic E-state index is 0.0299. The highest BCUT2D eigenvalue weighted by Crippen LogP contribution is 2.32. The number of nitrogens with zero attached hydrogens (tertiary/aromatic N) is 3. The summed E-state index contributed by atoms with van der Waals surface area (Å²) in [6, 6.07) is 12.0. The number of hydrogen-bond acceptors (Lipinski definition) is 2. The molecule has 0 bridgehead atoms. The summed E-state index contributed by atoms with van der Waals surface area (Å²) in [6.45, 7) is 7.36. The number of terminal acetylenes is 1. The lowest BCUT2D eigenvalue weighted by atomic mass is 10.1. The van der Waals surface area contributed by atoms with Crippen molar-refractivity contribution < 1.29 is 4.79 Å². The zero-order chi connectivity index (χ0) is 17.3. The lowest BCUT2D eigenvalue weighted by Gasteiger charge is -2.27. The first-order chi connectivity index (χ1) is 11.5. The second-order valence-corrected chi connectivity index (χ2v) is 6.53. The Morgan fingerprint density at radius 1 is 1.25 bits per heavy atom. The van der Waals surface area contributed by atoms with E-state index in [1.165, 1.54) is 11.1 Å². The number of carbonyl (C=O) groups is 1. The van der Waals surface area contributed by atoms with Gasteiger partial charge in [-0.3, -0.25) is 4.90 Å². The van der Waals surface area contributed by atoms with Crippen LogP contribution < -0.4 is 4.90 Å². The number of likely N-dealkylation sites (N-methyl/N-ethyl adjacent to an activating group) is 1. The number of hydrogen-bond donors (Lipinski definition) is 0. The van der Waals surface area contributed by atoms with Crippen LogP contribution in [-0.4, -0.2) is 34.5 Å². The fourth-order valence-electron chi connectivity index (χ4n) is 3.07. The summed E-state index contributed by atoms with van der Waals surface area (Å²) < 4.78 is 0. The zero-order valence-corrected chi connectivity index (χ0v) is 14.3. The smallest absolute Gasteiger partial charge is 0.318 e. The summed E-state index contributed by atoms with van der Waals surface area (Å²) >= 11 is 0. The van der Waals surface area contributed by atoms with E-state index in [0.29, 0.717) is 24.5 Å². The molecule has 2 heterocycles. The maximum atomic E-state index is 12.4. The van der Waals surface area contributed by atoms with Crippen molar-refractivity contribution >= 4 is 11.8 Å². The first-order valence-electron chi connectivity index (χ1n) is 8.09. The van der Waals surface area contributed by atoms with Crippen LogP contribution in [-0.2, 0) is 0 Å².